The maximum atomic E-state index is 12.4. The number of benzene rings is 1. The molecule has 0 fully saturated rings. The minimum Gasteiger partial charge on any atom is -0.354 e. The van der Waals surface area contributed by atoms with E-state index in [9.17, 15) is 9.59 Å². The van der Waals surface area contributed by atoms with E-state index in [1.54, 1.807) is 0 Å². The van der Waals surface area contributed by atoms with Gasteiger partial charge < -0.3 is 16.0 Å². The minimum atomic E-state index is -0.546. The number of amides is 2. The third kappa shape index (κ3) is 3.82. The van der Waals surface area contributed by atoms with Gasteiger partial charge in [-0.15, -0.1) is 0 Å². The monoisotopic (exact) mass is 289 g/mol. The molecular weight excluding hydrogens is 266 g/mol. The average Bonchev–Trinajstić information content (AvgIpc) is 2.58. The highest BCUT2D eigenvalue weighted by Gasteiger charge is 2.29. The van der Waals surface area contributed by atoms with Crippen LogP contribution in [0.25, 0.3) is 0 Å². The summed E-state index contributed by atoms with van der Waals surface area (Å²) in [5.74, 6) is 0.0453. The van der Waals surface area contributed by atoms with Crippen LogP contribution in [0.5, 0.6) is 0 Å². The van der Waals surface area contributed by atoms with Gasteiger partial charge in [0.15, 0.2) is 0 Å². The molecule has 2 amide bonds. The number of fused-ring (bicyclic) bond motifs is 1. The van der Waals surface area contributed by atoms with Crippen LogP contribution in [0.4, 0.5) is 5.69 Å². The van der Waals surface area contributed by atoms with Crippen LogP contribution in [-0.4, -0.2) is 30.9 Å². The lowest BCUT2D eigenvalue weighted by Gasteiger charge is -2.24. The fourth-order valence-corrected chi connectivity index (χ4v) is 2.42. The molecule has 1 heterocycles. The van der Waals surface area contributed by atoms with Crippen molar-refractivity contribution in [1.29, 1.82) is 0 Å². The van der Waals surface area contributed by atoms with Crippen LogP contribution in [0, 0.1) is 5.92 Å². The second kappa shape index (κ2) is 6.72. The Labute approximate surface area is 125 Å². The summed E-state index contributed by atoms with van der Waals surface area (Å²) in [6, 6.07) is 7.13. The molecule has 0 unspecified atom stereocenters. The lowest BCUT2D eigenvalue weighted by Crippen LogP contribution is -2.47. The first-order valence-electron chi connectivity index (χ1n) is 7.40. The van der Waals surface area contributed by atoms with E-state index in [-0.39, 0.29) is 18.4 Å². The van der Waals surface area contributed by atoms with Crippen LogP contribution >= 0.6 is 0 Å². The number of rotatable bonds is 4. The summed E-state index contributed by atoms with van der Waals surface area (Å²) < 4.78 is 0. The van der Waals surface area contributed by atoms with Gasteiger partial charge in [-0.05, 0) is 30.4 Å². The van der Waals surface area contributed by atoms with E-state index in [0.717, 1.165) is 17.7 Å². The summed E-state index contributed by atoms with van der Waals surface area (Å²) in [5.41, 5.74) is 7.79. The third-order valence-electron chi connectivity index (χ3n) is 3.60. The van der Waals surface area contributed by atoms with Crippen LogP contribution in [-0.2, 0) is 16.0 Å². The normalized spacial score (nSPS) is 18.4. The van der Waals surface area contributed by atoms with Gasteiger partial charge in [-0.1, -0.05) is 32.0 Å². The predicted octanol–water partition coefficient (Wildman–Crippen LogP) is 1.07. The maximum Gasteiger partial charge on any atom is 0.244 e. The average molecular weight is 289 g/mol. The molecule has 3 N–H and O–H groups in total. The fourth-order valence-electron chi connectivity index (χ4n) is 2.42. The molecule has 0 radical (unpaired) electrons. The lowest BCUT2D eigenvalue weighted by atomic mass is 10.1. The first-order valence-corrected chi connectivity index (χ1v) is 7.40. The Hall–Kier alpha value is -1.88. The van der Waals surface area contributed by atoms with Crippen molar-refractivity contribution < 1.29 is 9.59 Å². The molecular formula is C16H23N3O2. The van der Waals surface area contributed by atoms with E-state index in [1.807, 2.05) is 38.1 Å². The summed E-state index contributed by atoms with van der Waals surface area (Å²) >= 11 is 0. The van der Waals surface area contributed by atoms with Gasteiger partial charge in [-0.25, -0.2) is 0 Å². The van der Waals surface area contributed by atoms with E-state index < -0.39 is 6.04 Å². The molecule has 21 heavy (non-hydrogen) atoms. The van der Waals surface area contributed by atoms with E-state index in [1.165, 1.54) is 4.90 Å². The van der Waals surface area contributed by atoms with Crippen LogP contribution in [0.1, 0.15) is 25.8 Å². The first kappa shape index (κ1) is 15.5. The molecule has 1 aliphatic rings. The highest BCUT2D eigenvalue weighted by atomic mass is 16.2. The van der Waals surface area contributed by atoms with Gasteiger partial charge in [0.05, 0.1) is 6.04 Å². The number of para-hydroxylation sites is 1. The summed E-state index contributed by atoms with van der Waals surface area (Å²) in [5, 5.41) is 2.84. The van der Waals surface area contributed by atoms with E-state index in [4.69, 9.17) is 5.73 Å². The summed E-state index contributed by atoms with van der Waals surface area (Å²) in [4.78, 5) is 26.0. The van der Waals surface area contributed by atoms with Crippen molar-refractivity contribution in [3.8, 4) is 0 Å². The molecule has 114 valence electrons. The molecule has 0 saturated heterocycles. The van der Waals surface area contributed by atoms with Crippen molar-refractivity contribution >= 4 is 17.5 Å². The largest absolute Gasteiger partial charge is 0.354 e. The number of hydrogen-bond acceptors (Lipinski definition) is 3. The Morgan fingerprint density at radius 2 is 2.14 bits per heavy atom. The smallest absolute Gasteiger partial charge is 0.244 e. The van der Waals surface area contributed by atoms with Crippen molar-refractivity contribution in [3.63, 3.8) is 0 Å². The first-order chi connectivity index (χ1) is 9.99. The van der Waals surface area contributed by atoms with Gasteiger partial charge in [0, 0.05) is 12.2 Å². The molecule has 0 spiro atoms. The molecule has 1 aromatic carbocycles. The third-order valence-corrected chi connectivity index (χ3v) is 3.60. The highest BCUT2D eigenvalue weighted by Crippen LogP contribution is 2.26. The van der Waals surface area contributed by atoms with Crippen LogP contribution in [0.2, 0.25) is 0 Å². The second-order valence-electron chi connectivity index (χ2n) is 5.90. The molecule has 0 saturated carbocycles. The van der Waals surface area contributed by atoms with Crippen LogP contribution in [0.3, 0.4) is 0 Å². The van der Waals surface area contributed by atoms with Crippen molar-refractivity contribution in [2.75, 3.05) is 18.0 Å². The topological polar surface area (TPSA) is 75.4 Å². The van der Waals surface area contributed by atoms with Crippen molar-refractivity contribution in [2.45, 2.75) is 32.7 Å². The Morgan fingerprint density at radius 3 is 2.86 bits per heavy atom. The minimum absolute atomic E-state index is 0.0241. The van der Waals surface area contributed by atoms with Gasteiger partial charge in [-0.3, -0.25) is 9.59 Å². The Kier molecular flexibility index (Phi) is 4.96. The zero-order valence-electron chi connectivity index (χ0n) is 12.6. The molecule has 1 aromatic rings. The fraction of sp³-hybridized carbons (Fsp3) is 0.500. The van der Waals surface area contributed by atoms with Crippen molar-refractivity contribution in [3.05, 3.63) is 29.8 Å². The zero-order valence-corrected chi connectivity index (χ0v) is 12.6. The summed E-state index contributed by atoms with van der Waals surface area (Å²) in [7, 11) is 0. The molecule has 5 heteroatoms. The number of anilines is 1. The molecule has 2 rings (SSSR count). The molecule has 1 aliphatic heterocycles. The van der Waals surface area contributed by atoms with E-state index in [0.29, 0.717) is 18.9 Å². The number of carbonyl (C=O) groups is 2. The van der Waals surface area contributed by atoms with E-state index >= 15 is 0 Å². The lowest BCUT2D eigenvalue weighted by molar-refractivity contribution is -0.124. The van der Waals surface area contributed by atoms with Gasteiger partial charge >= 0.3 is 0 Å². The van der Waals surface area contributed by atoms with Crippen molar-refractivity contribution in [1.82, 2.24) is 5.32 Å². The van der Waals surface area contributed by atoms with Gasteiger partial charge in [0.2, 0.25) is 11.8 Å². The molecule has 0 bridgehead atoms. The SMILES string of the molecule is CC(C)CNC(=O)CN1C(=O)[C@@H](N)CCc2ccccc21. The molecule has 0 aliphatic carbocycles. The number of nitrogens with two attached hydrogens (primary N) is 1. The van der Waals surface area contributed by atoms with E-state index in [2.05, 4.69) is 5.32 Å². The summed E-state index contributed by atoms with van der Waals surface area (Å²) in [6.07, 6.45) is 1.37. The Morgan fingerprint density at radius 1 is 1.43 bits per heavy atom. The molecule has 0 aromatic heterocycles. The van der Waals surface area contributed by atoms with Crippen LogP contribution in [0.15, 0.2) is 24.3 Å². The van der Waals surface area contributed by atoms with Gasteiger partial charge in [0.25, 0.3) is 0 Å². The van der Waals surface area contributed by atoms with Gasteiger partial charge in [-0.2, -0.15) is 0 Å². The molecule has 1 atom stereocenters. The molecule has 5 nitrogen and oxygen atoms in total. The standard InChI is InChI=1S/C16H23N3O2/c1-11(2)9-18-15(20)10-19-14-6-4-3-5-12(14)7-8-13(17)16(19)21/h3-6,11,13H,7-10,17H2,1-2H3,(H,18,20)/t13-/m0/s1. The Balaban J connectivity index is 2.18. The maximum absolute atomic E-state index is 12.4. The highest BCUT2D eigenvalue weighted by molar-refractivity contribution is 6.02. The number of nitrogens with zero attached hydrogens (tertiary/aromatic N) is 1. The zero-order chi connectivity index (χ0) is 15.4. The number of aryl methyl sites for hydroxylation is 1. The second-order valence-corrected chi connectivity index (χ2v) is 5.90. The number of nitrogens with one attached hydrogen (secondary N) is 1. The quantitative estimate of drug-likeness (QED) is 0.870. The number of hydrogen-bond donors (Lipinski definition) is 2. The van der Waals surface area contributed by atoms with Gasteiger partial charge in [0.1, 0.15) is 6.54 Å². The van der Waals surface area contributed by atoms with Crippen molar-refractivity contribution in [2.24, 2.45) is 11.7 Å². The Bertz CT molecular complexity index is 528. The summed E-state index contributed by atoms with van der Waals surface area (Å²) in [6.45, 7) is 4.69. The van der Waals surface area contributed by atoms with Crippen LogP contribution < -0.4 is 16.0 Å². The number of carbonyl (C=O) groups excluding carboxylic acids is 2. The predicted molar refractivity (Wildman–Crippen MR) is 82.9 cm³/mol.